The zero-order valence-corrected chi connectivity index (χ0v) is 17.1. The van der Waals surface area contributed by atoms with E-state index in [9.17, 15) is 4.79 Å². The molecule has 8 heteroatoms. The molecule has 28 heavy (non-hydrogen) atoms. The van der Waals surface area contributed by atoms with Crippen LogP contribution in [-0.2, 0) is 0 Å². The zero-order valence-electron chi connectivity index (χ0n) is 15.6. The molecule has 1 unspecified atom stereocenters. The average Bonchev–Trinajstić information content (AvgIpc) is 3.13. The number of benzene rings is 1. The number of ether oxygens (including phenoxy) is 1. The van der Waals surface area contributed by atoms with Gasteiger partial charge in [-0.3, -0.25) is 4.79 Å². The van der Waals surface area contributed by atoms with Gasteiger partial charge in [-0.15, -0.1) is 0 Å². The summed E-state index contributed by atoms with van der Waals surface area (Å²) in [7, 11) is 0. The smallest absolute Gasteiger partial charge is 0.259 e. The summed E-state index contributed by atoms with van der Waals surface area (Å²) in [5, 5.41) is 7.57. The second kappa shape index (κ2) is 8.63. The number of halogens is 2. The maximum Gasteiger partial charge on any atom is 0.259 e. The molecule has 2 aromatic heterocycles. The van der Waals surface area contributed by atoms with Crippen LogP contribution in [-0.4, -0.2) is 22.2 Å². The fourth-order valence-corrected chi connectivity index (χ4v) is 3.15. The van der Waals surface area contributed by atoms with E-state index >= 15 is 0 Å². The van der Waals surface area contributed by atoms with Crippen molar-refractivity contribution in [2.75, 3.05) is 0 Å². The van der Waals surface area contributed by atoms with Gasteiger partial charge in [-0.25, -0.2) is 4.98 Å². The highest BCUT2D eigenvalue weighted by atomic mass is 35.5. The summed E-state index contributed by atoms with van der Waals surface area (Å²) in [6, 6.07) is 9.90. The molecule has 0 aliphatic heterocycles. The van der Waals surface area contributed by atoms with Crippen LogP contribution >= 0.6 is 23.2 Å². The molecule has 0 bridgehead atoms. The Morgan fingerprint density at radius 2 is 1.89 bits per heavy atom. The molecule has 1 atom stereocenters. The van der Waals surface area contributed by atoms with E-state index in [1.165, 1.54) is 6.26 Å². The van der Waals surface area contributed by atoms with Crippen LogP contribution in [0, 0.1) is 6.92 Å². The van der Waals surface area contributed by atoms with Crippen molar-refractivity contribution in [2.24, 2.45) is 0 Å². The molecule has 6 nitrogen and oxygen atoms in total. The van der Waals surface area contributed by atoms with E-state index in [0.717, 1.165) is 5.56 Å². The Hall–Kier alpha value is -2.57. The number of hydrogen-bond donors (Lipinski definition) is 1. The molecular weight excluding hydrogens is 401 g/mol. The Balaban J connectivity index is 1.98. The molecule has 0 radical (unpaired) electrons. The van der Waals surface area contributed by atoms with Gasteiger partial charge < -0.3 is 14.6 Å². The number of pyridine rings is 1. The fraction of sp³-hybridized carbons (Fsp3) is 0.250. The van der Waals surface area contributed by atoms with Gasteiger partial charge in [0.25, 0.3) is 5.91 Å². The van der Waals surface area contributed by atoms with Crippen LogP contribution in [0.5, 0.6) is 5.75 Å². The number of amides is 1. The number of aromatic nitrogens is 2. The van der Waals surface area contributed by atoms with Crippen LogP contribution < -0.4 is 10.1 Å². The first-order valence-electron chi connectivity index (χ1n) is 8.65. The van der Waals surface area contributed by atoms with Crippen molar-refractivity contribution in [3.63, 3.8) is 0 Å². The van der Waals surface area contributed by atoms with Gasteiger partial charge in [-0.2, -0.15) is 0 Å². The first-order valence-corrected chi connectivity index (χ1v) is 9.41. The maximum atomic E-state index is 13.1. The Bertz CT molecular complexity index is 958. The Morgan fingerprint density at radius 3 is 2.50 bits per heavy atom. The van der Waals surface area contributed by atoms with Crippen molar-refractivity contribution in [3.8, 4) is 5.75 Å². The predicted molar refractivity (Wildman–Crippen MR) is 107 cm³/mol. The monoisotopic (exact) mass is 419 g/mol. The summed E-state index contributed by atoms with van der Waals surface area (Å²) in [5.41, 5.74) is 2.15. The van der Waals surface area contributed by atoms with Crippen molar-refractivity contribution in [1.82, 2.24) is 15.5 Å². The van der Waals surface area contributed by atoms with Gasteiger partial charge >= 0.3 is 0 Å². The van der Waals surface area contributed by atoms with Gasteiger partial charge in [-0.1, -0.05) is 40.5 Å². The molecular formula is C20H19Cl2N3O3. The number of aryl methyl sites for hydroxylation is 1. The normalized spacial score (nSPS) is 12.1. The molecule has 0 saturated carbocycles. The van der Waals surface area contributed by atoms with Crippen LogP contribution in [0.2, 0.25) is 10.2 Å². The molecule has 2 heterocycles. The number of carbonyl (C=O) groups excluding carboxylic acids is 1. The minimum absolute atomic E-state index is 0.0724. The molecule has 0 saturated heterocycles. The molecule has 1 amide bonds. The standard InChI is InChI=1S/C20H19Cl2N3O3/c1-11(2)28-16-10-12(3)23-19(22)17(16)20(26)24-18(15-8-9-27-25-15)13-4-6-14(21)7-5-13/h4-11,18H,1-3H3,(H,24,26). The van der Waals surface area contributed by atoms with Gasteiger partial charge in [0.15, 0.2) is 0 Å². The third-order valence-electron chi connectivity index (χ3n) is 3.89. The number of nitrogens with one attached hydrogen (secondary N) is 1. The quantitative estimate of drug-likeness (QED) is 0.569. The van der Waals surface area contributed by atoms with Crippen LogP contribution in [0.3, 0.4) is 0 Å². The highest BCUT2D eigenvalue weighted by molar-refractivity contribution is 6.33. The molecule has 0 aliphatic carbocycles. The summed E-state index contributed by atoms with van der Waals surface area (Å²) in [6.07, 6.45) is 1.31. The largest absolute Gasteiger partial charge is 0.490 e. The van der Waals surface area contributed by atoms with E-state index in [1.54, 1.807) is 31.2 Å². The predicted octanol–water partition coefficient (Wildman–Crippen LogP) is 4.99. The fourth-order valence-electron chi connectivity index (χ4n) is 2.72. The summed E-state index contributed by atoms with van der Waals surface area (Å²) in [6.45, 7) is 5.53. The lowest BCUT2D eigenvalue weighted by Crippen LogP contribution is -2.30. The van der Waals surface area contributed by atoms with Crippen LogP contribution in [0.1, 0.15) is 47.2 Å². The van der Waals surface area contributed by atoms with Crippen LogP contribution in [0.25, 0.3) is 0 Å². The topological polar surface area (TPSA) is 77.2 Å². The lowest BCUT2D eigenvalue weighted by molar-refractivity contribution is 0.0935. The number of nitrogens with zero attached hydrogens (tertiary/aromatic N) is 2. The number of carbonyl (C=O) groups is 1. The van der Waals surface area contributed by atoms with E-state index in [0.29, 0.717) is 22.2 Å². The van der Waals surface area contributed by atoms with Gasteiger partial charge in [0.05, 0.1) is 6.10 Å². The van der Waals surface area contributed by atoms with Crippen LogP contribution in [0.15, 0.2) is 47.2 Å². The van der Waals surface area contributed by atoms with Gasteiger partial charge in [-0.05, 0) is 38.5 Å². The van der Waals surface area contributed by atoms with E-state index in [2.05, 4.69) is 15.5 Å². The zero-order chi connectivity index (χ0) is 20.3. The molecule has 0 aliphatic rings. The molecule has 1 N–H and O–H groups in total. The third kappa shape index (κ3) is 4.64. The minimum atomic E-state index is -0.562. The van der Waals surface area contributed by atoms with Crippen molar-refractivity contribution in [2.45, 2.75) is 32.9 Å². The number of rotatable bonds is 6. The Labute approximate surface area is 172 Å². The Morgan fingerprint density at radius 1 is 1.18 bits per heavy atom. The van der Waals surface area contributed by atoms with Crippen LogP contribution in [0.4, 0.5) is 0 Å². The summed E-state index contributed by atoms with van der Waals surface area (Å²) >= 11 is 12.3. The molecule has 1 aromatic carbocycles. The van der Waals surface area contributed by atoms with E-state index in [1.807, 2.05) is 26.0 Å². The average molecular weight is 420 g/mol. The van der Waals surface area contributed by atoms with Gasteiger partial charge in [0, 0.05) is 22.8 Å². The first kappa shape index (κ1) is 20.2. The Kier molecular flexibility index (Phi) is 6.21. The van der Waals surface area contributed by atoms with E-state index in [4.69, 9.17) is 32.5 Å². The molecule has 0 fully saturated rings. The summed E-state index contributed by atoms with van der Waals surface area (Å²) in [4.78, 5) is 17.3. The maximum absolute atomic E-state index is 13.1. The van der Waals surface area contributed by atoms with Gasteiger partial charge in [0.2, 0.25) is 0 Å². The molecule has 0 spiro atoms. The molecule has 146 valence electrons. The van der Waals surface area contributed by atoms with Gasteiger partial charge in [0.1, 0.15) is 34.5 Å². The second-order valence-corrected chi connectivity index (χ2v) is 7.27. The molecule has 3 rings (SSSR count). The lowest BCUT2D eigenvalue weighted by Gasteiger charge is -2.20. The van der Waals surface area contributed by atoms with E-state index in [-0.39, 0.29) is 16.8 Å². The first-order chi connectivity index (χ1) is 13.3. The summed E-state index contributed by atoms with van der Waals surface area (Å²) < 4.78 is 10.7. The highest BCUT2D eigenvalue weighted by Gasteiger charge is 2.25. The minimum Gasteiger partial charge on any atom is -0.490 e. The van der Waals surface area contributed by atoms with Crippen molar-refractivity contribution >= 4 is 29.1 Å². The van der Waals surface area contributed by atoms with E-state index < -0.39 is 11.9 Å². The highest BCUT2D eigenvalue weighted by Crippen LogP contribution is 2.29. The third-order valence-corrected chi connectivity index (χ3v) is 4.41. The van der Waals surface area contributed by atoms with Crippen molar-refractivity contribution in [1.29, 1.82) is 0 Å². The molecule has 3 aromatic rings. The SMILES string of the molecule is Cc1cc(OC(C)C)c(C(=O)NC(c2ccc(Cl)cc2)c2ccon2)c(Cl)n1. The van der Waals surface area contributed by atoms with Crippen molar-refractivity contribution in [3.05, 3.63) is 75.4 Å². The summed E-state index contributed by atoms with van der Waals surface area (Å²) in [5.74, 6) is -0.0592. The van der Waals surface area contributed by atoms with Crippen molar-refractivity contribution < 1.29 is 14.1 Å². The second-order valence-electron chi connectivity index (χ2n) is 6.48. The lowest BCUT2D eigenvalue weighted by atomic mass is 10.0. The number of hydrogen-bond acceptors (Lipinski definition) is 5.